The summed E-state index contributed by atoms with van der Waals surface area (Å²) >= 11 is 5.66. The van der Waals surface area contributed by atoms with E-state index >= 15 is 0 Å². The van der Waals surface area contributed by atoms with Crippen molar-refractivity contribution >= 4 is 17.4 Å². The van der Waals surface area contributed by atoms with Gasteiger partial charge in [0.15, 0.2) is 0 Å². The van der Waals surface area contributed by atoms with Crippen molar-refractivity contribution in [3.63, 3.8) is 0 Å². The second-order valence-electron chi connectivity index (χ2n) is 3.06. The van der Waals surface area contributed by atoms with E-state index in [1.165, 1.54) is 6.07 Å². The molecule has 0 unspecified atom stereocenters. The molecule has 2 rings (SSSR count). The zero-order valence-electron chi connectivity index (χ0n) is 7.74. The Kier molecular flexibility index (Phi) is 2.56. The monoisotopic (exact) mass is 222 g/mol. The van der Waals surface area contributed by atoms with Gasteiger partial charge in [-0.25, -0.2) is 9.37 Å². The molecular weight excluding hydrogens is 215 g/mol. The number of nitrogens with zero attached hydrogens (tertiary/aromatic N) is 1. The maximum atomic E-state index is 13.5. The summed E-state index contributed by atoms with van der Waals surface area (Å²) in [6.45, 7) is 0. The van der Waals surface area contributed by atoms with E-state index in [0.717, 1.165) is 0 Å². The number of rotatable bonds is 1. The summed E-state index contributed by atoms with van der Waals surface area (Å²) in [5.41, 5.74) is 6.63. The number of anilines is 1. The molecule has 4 heteroatoms. The highest BCUT2D eigenvalue weighted by molar-refractivity contribution is 6.30. The molecule has 1 heterocycles. The van der Waals surface area contributed by atoms with E-state index in [9.17, 15) is 4.39 Å². The molecular formula is C11H8ClFN2. The van der Waals surface area contributed by atoms with E-state index in [-0.39, 0.29) is 0 Å². The van der Waals surface area contributed by atoms with Crippen LogP contribution >= 0.6 is 11.6 Å². The van der Waals surface area contributed by atoms with Gasteiger partial charge in [-0.3, -0.25) is 0 Å². The Morgan fingerprint density at radius 3 is 2.67 bits per heavy atom. The van der Waals surface area contributed by atoms with E-state index in [2.05, 4.69) is 4.98 Å². The van der Waals surface area contributed by atoms with Crippen LogP contribution in [0.1, 0.15) is 0 Å². The van der Waals surface area contributed by atoms with Gasteiger partial charge in [-0.2, -0.15) is 0 Å². The lowest BCUT2D eigenvalue weighted by Crippen LogP contribution is -1.94. The molecule has 0 aliphatic rings. The van der Waals surface area contributed by atoms with Crippen LogP contribution in [0.15, 0.2) is 36.5 Å². The van der Waals surface area contributed by atoms with Gasteiger partial charge in [0.2, 0.25) is 0 Å². The Balaban J connectivity index is 2.60. The third-order valence-corrected chi connectivity index (χ3v) is 2.29. The number of halogens is 2. The molecule has 15 heavy (non-hydrogen) atoms. The van der Waals surface area contributed by atoms with Gasteiger partial charge in [-0.1, -0.05) is 11.6 Å². The van der Waals surface area contributed by atoms with Crippen LogP contribution in [-0.4, -0.2) is 4.98 Å². The summed E-state index contributed by atoms with van der Waals surface area (Å²) in [7, 11) is 0. The predicted octanol–water partition coefficient (Wildman–Crippen LogP) is 3.12. The summed E-state index contributed by atoms with van der Waals surface area (Å²) < 4.78 is 13.5. The fourth-order valence-corrected chi connectivity index (χ4v) is 1.51. The lowest BCUT2D eigenvalue weighted by atomic mass is 10.1. The second-order valence-corrected chi connectivity index (χ2v) is 3.50. The smallest absolute Gasteiger partial charge is 0.132 e. The van der Waals surface area contributed by atoms with E-state index in [0.29, 0.717) is 22.0 Å². The van der Waals surface area contributed by atoms with E-state index in [1.807, 2.05) is 0 Å². The number of pyridine rings is 1. The lowest BCUT2D eigenvalue weighted by molar-refractivity contribution is 0.631. The molecule has 0 radical (unpaired) electrons. The molecule has 0 atom stereocenters. The highest BCUT2D eigenvalue weighted by Crippen LogP contribution is 2.28. The highest BCUT2D eigenvalue weighted by Gasteiger charge is 2.08. The van der Waals surface area contributed by atoms with Crippen LogP contribution in [0, 0.1) is 5.82 Å². The van der Waals surface area contributed by atoms with Gasteiger partial charge in [-0.05, 0) is 30.3 Å². The van der Waals surface area contributed by atoms with Crippen molar-refractivity contribution in [1.29, 1.82) is 0 Å². The molecule has 0 saturated heterocycles. The van der Waals surface area contributed by atoms with Gasteiger partial charge in [0.25, 0.3) is 0 Å². The molecule has 2 aromatic rings. The van der Waals surface area contributed by atoms with Gasteiger partial charge in [-0.15, -0.1) is 0 Å². The normalized spacial score (nSPS) is 10.3. The van der Waals surface area contributed by atoms with Crippen molar-refractivity contribution in [2.75, 3.05) is 5.73 Å². The largest absolute Gasteiger partial charge is 0.383 e. The third kappa shape index (κ3) is 1.92. The van der Waals surface area contributed by atoms with Crippen LogP contribution in [-0.2, 0) is 0 Å². The molecule has 0 aliphatic carbocycles. The van der Waals surface area contributed by atoms with Crippen LogP contribution < -0.4 is 5.73 Å². The summed E-state index contributed by atoms with van der Waals surface area (Å²) in [6.07, 6.45) is 1.56. The molecule has 1 aromatic heterocycles. The molecule has 1 aromatic carbocycles. The van der Waals surface area contributed by atoms with E-state index < -0.39 is 5.82 Å². The Bertz CT molecular complexity index is 500. The minimum absolute atomic E-state index is 0.304. The average molecular weight is 223 g/mol. The van der Waals surface area contributed by atoms with Crippen molar-refractivity contribution in [1.82, 2.24) is 4.98 Å². The molecule has 2 N–H and O–H groups in total. The molecule has 76 valence electrons. The minimum Gasteiger partial charge on any atom is -0.383 e. The molecule has 0 saturated carbocycles. The quantitative estimate of drug-likeness (QED) is 0.805. The van der Waals surface area contributed by atoms with E-state index in [4.69, 9.17) is 17.3 Å². The zero-order chi connectivity index (χ0) is 10.8. The summed E-state index contributed by atoms with van der Waals surface area (Å²) in [6, 6.07) is 7.88. The standard InChI is InChI=1S/C11H8ClFN2/c12-7-3-4-8(10(13)6-7)9-2-1-5-15-11(9)14/h1-6H,(H2,14,15). The van der Waals surface area contributed by atoms with Gasteiger partial charge < -0.3 is 5.73 Å². The molecule has 2 nitrogen and oxygen atoms in total. The Morgan fingerprint density at radius 1 is 1.20 bits per heavy atom. The first-order valence-electron chi connectivity index (χ1n) is 4.34. The summed E-state index contributed by atoms with van der Waals surface area (Å²) in [4.78, 5) is 3.90. The molecule has 0 amide bonds. The minimum atomic E-state index is -0.401. The van der Waals surface area contributed by atoms with Crippen molar-refractivity contribution in [2.24, 2.45) is 0 Å². The van der Waals surface area contributed by atoms with Crippen LogP contribution in [0.25, 0.3) is 11.1 Å². The summed E-state index contributed by atoms with van der Waals surface area (Å²) in [5, 5.41) is 0.360. The van der Waals surface area contributed by atoms with Gasteiger partial charge in [0, 0.05) is 22.3 Å². The van der Waals surface area contributed by atoms with Gasteiger partial charge >= 0.3 is 0 Å². The number of hydrogen-bond acceptors (Lipinski definition) is 2. The molecule has 0 spiro atoms. The first-order valence-corrected chi connectivity index (χ1v) is 4.72. The van der Waals surface area contributed by atoms with Crippen molar-refractivity contribution in [3.8, 4) is 11.1 Å². The van der Waals surface area contributed by atoms with Crippen LogP contribution in [0.5, 0.6) is 0 Å². The average Bonchev–Trinajstić information content (AvgIpc) is 2.20. The Hall–Kier alpha value is -1.61. The predicted molar refractivity (Wildman–Crippen MR) is 59.1 cm³/mol. The number of aromatic nitrogens is 1. The Morgan fingerprint density at radius 2 is 2.00 bits per heavy atom. The molecule has 0 fully saturated rings. The topological polar surface area (TPSA) is 38.9 Å². The maximum absolute atomic E-state index is 13.5. The van der Waals surface area contributed by atoms with Crippen LogP contribution in [0.2, 0.25) is 5.02 Å². The van der Waals surface area contributed by atoms with E-state index in [1.54, 1.807) is 30.5 Å². The summed E-state index contributed by atoms with van der Waals surface area (Å²) in [5.74, 6) is -0.0964. The van der Waals surface area contributed by atoms with Crippen LogP contribution in [0.4, 0.5) is 10.2 Å². The SMILES string of the molecule is Nc1ncccc1-c1ccc(Cl)cc1F. The third-order valence-electron chi connectivity index (χ3n) is 2.06. The fraction of sp³-hybridized carbons (Fsp3) is 0. The van der Waals surface area contributed by atoms with Crippen molar-refractivity contribution < 1.29 is 4.39 Å². The number of hydrogen-bond donors (Lipinski definition) is 1. The first-order chi connectivity index (χ1) is 7.18. The van der Waals surface area contributed by atoms with Gasteiger partial charge in [0.1, 0.15) is 11.6 Å². The Labute approximate surface area is 91.5 Å². The number of benzene rings is 1. The molecule has 0 bridgehead atoms. The van der Waals surface area contributed by atoms with Gasteiger partial charge in [0.05, 0.1) is 0 Å². The van der Waals surface area contributed by atoms with Crippen molar-refractivity contribution in [3.05, 3.63) is 47.4 Å². The lowest BCUT2D eigenvalue weighted by Gasteiger charge is -2.05. The zero-order valence-corrected chi connectivity index (χ0v) is 8.50. The highest BCUT2D eigenvalue weighted by atomic mass is 35.5. The fourth-order valence-electron chi connectivity index (χ4n) is 1.35. The number of nitrogens with two attached hydrogens (primary N) is 1. The first kappa shape index (κ1) is 9.93. The van der Waals surface area contributed by atoms with Crippen LogP contribution in [0.3, 0.4) is 0 Å². The number of nitrogen functional groups attached to an aromatic ring is 1. The maximum Gasteiger partial charge on any atom is 0.132 e. The molecule has 0 aliphatic heterocycles. The van der Waals surface area contributed by atoms with Crippen molar-refractivity contribution in [2.45, 2.75) is 0 Å². The second kappa shape index (κ2) is 3.87.